The maximum Gasteiger partial charge on any atom is 0.265 e. The van der Waals surface area contributed by atoms with Gasteiger partial charge in [-0.15, -0.1) is 0 Å². The number of aromatic nitrogens is 4. The van der Waals surface area contributed by atoms with Gasteiger partial charge < -0.3 is 15.0 Å². The molecule has 1 aliphatic carbocycles. The number of nitrogens with one attached hydrogen (secondary N) is 2. The highest BCUT2D eigenvalue weighted by Crippen LogP contribution is 2.33. The first-order valence-corrected chi connectivity index (χ1v) is 15.5. The molecule has 0 radical (unpaired) electrons. The number of rotatable bonds is 9. The average molecular weight is 596 g/mol. The molecule has 0 amide bonds. The highest BCUT2D eigenvalue weighted by molar-refractivity contribution is 7.92. The van der Waals surface area contributed by atoms with E-state index in [1.54, 1.807) is 12.1 Å². The Hall–Kier alpha value is -3.54. The minimum absolute atomic E-state index is 0.0643. The van der Waals surface area contributed by atoms with Crippen molar-refractivity contribution < 1.29 is 13.2 Å². The summed E-state index contributed by atoms with van der Waals surface area (Å²) in [5.41, 5.74) is 3.37. The van der Waals surface area contributed by atoms with Crippen LogP contribution in [0.1, 0.15) is 38.2 Å². The summed E-state index contributed by atoms with van der Waals surface area (Å²) in [6, 6.07) is 11.2. The van der Waals surface area contributed by atoms with Crippen LogP contribution < -0.4 is 14.8 Å². The van der Waals surface area contributed by atoms with Crippen LogP contribution in [0.15, 0.2) is 53.7 Å². The number of sulfonamides is 1. The van der Waals surface area contributed by atoms with Crippen molar-refractivity contribution in [3.63, 3.8) is 0 Å². The fourth-order valence-electron chi connectivity index (χ4n) is 5.24. The number of fused-ring (bicyclic) bond motifs is 1. The smallest absolute Gasteiger partial charge is 0.265 e. The highest BCUT2D eigenvalue weighted by Gasteiger charge is 2.24. The van der Waals surface area contributed by atoms with Gasteiger partial charge >= 0.3 is 0 Å². The van der Waals surface area contributed by atoms with Crippen LogP contribution in [0.5, 0.6) is 5.88 Å². The van der Waals surface area contributed by atoms with Crippen LogP contribution in [0.4, 0.5) is 11.9 Å². The third kappa shape index (κ3) is 6.37. The summed E-state index contributed by atoms with van der Waals surface area (Å²) < 4.78 is 33.7. The van der Waals surface area contributed by atoms with Gasteiger partial charge in [-0.3, -0.25) is 0 Å². The predicted octanol–water partition coefficient (Wildman–Crippen LogP) is 5.40. The molecule has 1 aliphatic rings. The summed E-state index contributed by atoms with van der Waals surface area (Å²) >= 11 is 6.09. The van der Waals surface area contributed by atoms with Gasteiger partial charge in [0.1, 0.15) is 4.90 Å². The Morgan fingerprint density at radius 2 is 1.76 bits per heavy atom. The molecule has 4 aromatic rings. The lowest BCUT2D eigenvalue weighted by molar-refractivity contribution is 0.221. The van der Waals surface area contributed by atoms with Crippen LogP contribution in [-0.4, -0.2) is 66.5 Å². The molecular weight excluding hydrogens is 562 g/mol. The monoisotopic (exact) mass is 595 g/mol. The largest absolute Gasteiger partial charge is 0.480 e. The summed E-state index contributed by atoms with van der Waals surface area (Å²) in [6.45, 7) is 2.08. The topological polar surface area (TPSA) is 122 Å². The van der Waals surface area contributed by atoms with E-state index in [1.807, 2.05) is 18.3 Å². The number of hydrogen-bond donors (Lipinski definition) is 2. The molecule has 0 bridgehead atoms. The first-order valence-electron chi connectivity index (χ1n) is 13.6. The van der Waals surface area contributed by atoms with Crippen molar-refractivity contribution in [2.45, 2.75) is 56.0 Å². The van der Waals surface area contributed by atoms with Crippen LogP contribution in [0, 0.1) is 0 Å². The van der Waals surface area contributed by atoms with Crippen molar-refractivity contribution in [3.8, 4) is 17.0 Å². The number of nitrogens with zero attached hydrogens (tertiary/aromatic N) is 5. The molecule has 5 rings (SSSR count). The molecule has 0 spiro atoms. The number of halogens is 1. The highest BCUT2D eigenvalue weighted by atomic mass is 35.5. The van der Waals surface area contributed by atoms with E-state index in [1.165, 1.54) is 25.4 Å². The number of aryl methyl sites for hydroxylation is 1. The molecule has 1 fully saturated rings. The van der Waals surface area contributed by atoms with E-state index in [2.05, 4.69) is 50.9 Å². The fourth-order valence-corrected chi connectivity index (χ4v) is 6.71. The summed E-state index contributed by atoms with van der Waals surface area (Å²) in [6.07, 6.45) is 8.63. The van der Waals surface area contributed by atoms with Gasteiger partial charge in [0.2, 0.25) is 17.8 Å². The molecule has 2 aromatic heterocycles. The van der Waals surface area contributed by atoms with Crippen LogP contribution in [-0.2, 0) is 16.4 Å². The van der Waals surface area contributed by atoms with Crippen molar-refractivity contribution in [1.82, 2.24) is 24.8 Å². The molecule has 1 saturated carbocycles. The van der Waals surface area contributed by atoms with Gasteiger partial charge in [-0.25, -0.2) is 28.1 Å². The van der Waals surface area contributed by atoms with Gasteiger partial charge in [0, 0.05) is 29.9 Å². The summed E-state index contributed by atoms with van der Waals surface area (Å²) in [7, 11) is 1.77. The second-order valence-corrected chi connectivity index (χ2v) is 12.4. The molecule has 2 N–H and O–H groups in total. The Bertz CT molecular complexity index is 1660. The maximum atomic E-state index is 12.9. The Morgan fingerprint density at radius 3 is 2.44 bits per heavy atom. The van der Waals surface area contributed by atoms with Crippen LogP contribution in [0.3, 0.4) is 0 Å². The van der Waals surface area contributed by atoms with Gasteiger partial charge in [-0.1, -0.05) is 30.7 Å². The molecule has 2 heterocycles. The summed E-state index contributed by atoms with van der Waals surface area (Å²) in [4.78, 5) is 20.3. The molecule has 12 heteroatoms. The molecule has 0 atom stereocenters. The maximum absolute atomic E-state index is 12.9. The van der Waals surface area contributed by atoms with Gasteiger partial charge in [0.25, 0.3) is 10.0 Å². The number of methoxy groups -OCH3 is 1. The van der Waals surface area contributed by atoms with Gasteiger partial charge in [0.05, 0.1) is 23.2 Å². The third-order valence-corrected chi connectivity index (χ3v) is 9.34. The lowest BCUT2D eigenvalue weighted by atomic mass is 9.90. The minimum atomic E-state index is -3.99. The van der Waals surface area contributed by atoms with Crippen molar-refractivity contribution in [1.29, 1.82) is 0 Å². The molecule has 0 aliphatic heterocycles. The van der Waals surface area contributed by atoms with E-state index >= 15 is 0 Å². The second-order valence-electron chi connectivity index (χ2n) is 10.4. The predicted molar refractivity (Wildman–Crippen MR) is 162 cm³/mol. The molecule has 2 aromatic carbocycles. The lowest BCUT2D eigenvalue weighted by Gasteiger charge is -2.32. The summed E-state index contributed by atoms with van der Waals surface area (Å²) in [5, 5.41) is 4.53. The molecule has 10 nitrogen and oxygen atoms in total. The van der Waals surface area contributed by atoms with Crippen LogP contribution >= 0.6 is 11.6 Å². The second kappa shape index (κ2) is 12.1. The van der Waals surface area contributed by atoms with Crippen LogP contribution in [0.25, 0.3) is 22.0 Å². The Labute approximate surface area is 245 Å². The molecule has 0 unspecified atom stereocenters. The Morgan fingerprint density at radius 1 is 1.02 bits per heavy atom. The normalized spacial score (nSPS) is 17.5. The number of hydrogen-bond acceptors (Lipinski definition) is 9. The van der Waals surface area contributed by atoms with Crippen molar-refractivity contribution in [3.05, 3.63) is 59.4 Å². The molecule has 41 heavy (non-hydrogen) atoms. The first-order chi connectivity index (χ1) is 19.7. The summed E-state index contributed by atoms with van der Waals surface area (Å²) in [5.74, 6) is 0.746. The Kier molecular flexibility index (Phi) is 8.58. The van der Waals surface area contributed by atoms with E-state index in [0.717, 1.165) is 54.1 Å². The molecular formula is C29H34ClN7O3S. The van der Waals surface area contributed by atoms with Gasteiger partial charge in [-0.2, -0.15) is 4.98 Å². The molecule has 0 saturated heterocycles. The SMILES string of the molecule is CCc1cc(-c2cnc(NS(=O)(=O)c3ccccc3Cl)nc2OC)cc2cnc(N[C@H]3CC[C@H](N(C)C)CC3)nc12. The molecule has 216 valence electrons. The van der Waals surface area contributed by atoms with Crippen LogP contribution in [0.2, 0.25) is 5.02 Å². The fraction of sp³-hybridized carbons (Fsp3) is 0.379. The van der Waals surface area contributed by atoms with E-state index in [-0.39, 0.29) is 21.7 Å². The average Bonchev–Trinajstić information content (AvgIpc) is 2.96. The van der Waals surface area contributed by atoms with E-state index < -0.39 is 10.0 Å². The van der Waals surface area contributed by atoms with E-state index in [4.69, 9.17) is 21.3 Å². The third-order valence-electron chi connectivity index (χ3n) is 7.51. The quantitative estimate of drug-likeness (QED) is 0.262. The van der Waals surface area contributed by atoms with Crippen molar-refractivity contribution >= 4 is 44.4 Å². The van der Waals surface area contributed by atoms with Gasteiger partial charge in [0.15, 0.2) is 0 Å². The zero-order chi connectivity index (χ0) is 29.1. The first kappa shape index (κ1) is 29.0. The standard InChI is InChI=1S/C29H34ClN7O3S/c1-5-18-14-19(15-20-16-31-28(34-26(18)20)33-21-10-12-22(13-11-21)37(2)3)23-17-32-29(35-27(23)40-4)36-41(38,39)25-9-7-6-8-24(25)30/h6-9,14-17,21-22H,5,10-13H2,1-4H3,(H,31,33,34)(H,32,35,36)/t21-,22-. The van der Waals surface area contributed by atoms with Crippen molar-refractivity contribution in [2.24, 2.45) is 0 Å². The Balaban J connectivity index is 1.40. The van der Waals surface area contributed by atoms with E-state index in [9.17, 15) is 8.42 Å². The van der Waals surface area contributed by atoms with Gasteiger partial charge in [-0.05, 0) is 81.6 Å². The van der Waals surface area contributed by atoms with Crippen molar-refractivity contribution in [2.75, 3.05) is 31.2 Å². The zero-order valence-electron chi connectivity index (χ0n) is 23.6. The zero-order valence-corrected chi connectivity index (χ0v) is 25.1. The van der Waals surface area contributed by atoms with E-state index in [0.29, 0.717) is 23.6 Å². The number of anilines is 2. The lowest BCUT2D eigenvalue weighted by Crippen LogP contribution is -2.36. The minimum Gasteiger partial charge on any atom is -0.480 e. The number of ether oxygens (including phenoxy) is 1. The number of benzene rings is 2.